The number of nitrogens with one attached hydrogen (secondary N) is 1. The summed E-state index contributed by atoms with van der Waals surface area (Å²) in [6.07, 6.45) is -3.51. The molecule has 3 aromatic rings. The average Bonchev–Trinajstić information content (AvgIpc) is 3.26. The highest BCUT2D eigenvalue weighted by Gasteiger charge is 2.37. The lowest BCUT2D eigenvalue weighted by molar-refractivity contribution is -0.385. The number of anilines is 2. The van der Waals surface area contributed by atoms with Crippen molar-refractivity contribution in [3.05, 3.63) is 91.3 Å². The Morgan fingerprint density at radius 1 is 1.07 bits per heavy atom. The van der Waals surface area contributed by atoms with Gasteiger partial charge in [-0.15, -0.1) is 0 Å². The number of morpholine rings is 1. The first kappa shape index (κ1) is 32.0. The summed E-state index contributed by atoms with van der Waals surface area (Å²) in [7, 11) is 0. The predicted molar refractivity (Wildman–Crippen MR) is 163 cm³/mol. The van der Waals surface area contributed by atoms with Crippen LogP contribution in [0.2, 0.25) is 0 Å². The van der Waals surface area contributed by atoms with E-state index in [0.717, 1.165) is 29.7 Å². The molecule has 0 atom stereocenters. The SMILES string of the molecule is O=C(CN1C(=O)S/C(=C/c2cc(Br)ccc2Oc2ccc(C(F)(F)F)cc2[N+](=O)[O-])C1=O)Nc1ccc(N2CCOCC2)cc1. The lowest BCUT2D eigenvalue weighted by Gasteiger charge is -2.28. The van der Waals surface area contributed by atoms with Gasteiger partial charge in [-0.25, -0.2) is 0 Å². The van der Waals surface area contributed by atoms with Gasteiger partial charge in [-0.3, -0.25) is 29.4 Å². The number of imide groups is 1. The Hall–Kier alpha value is -4.41. The van der Waals surface area contributed by atoms with E-state index in [9.17, 15) is 37.7 Å². The quantitative estimate of drug-likeness (QED) is 0.155. The molecule has 2 saturated heterocycles. The van der Waals surface area contributed by atoms with Gasteiger partial charge in [0, 0.05) is 40.6 Å². The largest absolute Gasteiger partial charge is 0.449 e. The maximum atomic E-state index is 13.1. The van der Waals surface area contributed by atoms with Gasteiger partial charge >= 0.3 is 11.9 Å². The molecule has 0 aliphatic carbocycles. The first-order chi connectivity index (χ1) is 21.4. The number of thioether (sulfide) groups is 1. The molecule has 2 aliphatic rings. The molecule has 45 heavy (non-hydrogen) atoms. The number of benzene rings is 3. The monoisotopic (exact) mass is 706 g/mol. The summed E-state index contributed by atoms with van der Waals surface area (Å²) in [6, 6.07) is 13.4. The van der Waals surface area contributed by atoms with Gasteiger partial charge in [-0.1, -0.05) is 15.9 Å². The Balaban J connectivity index is 1.30. The summed E-state index contributed by atoms with van der Waals surface area (Å²) in [6.45, 7) is 2.21. The number of alkyl halides is 3. The average molecular weight is 707 g/mol. The number of ether oxygens (including phenoxy) is 2. The highest BCUT2D eigenvalue weighted by atomic mass is 79.9. The van der Waals surface area contributed by atoms with Gasteiger partial charge in [0.1, 0.15) is 12.3 Å². The summed E-state index contributed by atoms with van der Waals surface area (Å²) in [4.78, 5) is 51.9. The van der Waals surface area contributed by atoms with Crippen molar-refractivity contribution in [3.63, 3.8) is 0 Å². The second-order valence-corrected chi connectivity index (χ2v) is 11.6. The van der Waals surface area contributed by atoms with Gasteiger partial charge in [-0.05, 0) is 72.4 Å². The topological polar surface area (TPSA) is 131 Å². The first-order valence-corrected chi connectivity index (χ1v) is 14.8. The minimum Gasteiger partial charge on any atom is -0.449 e. The van der Waals surface area contributed by atoms with E-state index in [1.54, 1.807) is 12.1 Å². The van der Waals surface area contributed by atoms with Crippen molar-refractivity contribution >= 4 is 67.9 Å². The van der Waals surface area contributed by atoms with Crippen LogP contribution in [0.5, 0.6) is 11.5 Å². The molecule has 0 bridgehead atoms. The normalized spacial score (nSPS) is 16.3. The van der Waals surface area contributed by atoms with E-state index in [-0.39, 0.29) is 16.2 Å². The zero-order valence-corrected chi connectivity index (χ0v) is 25.4. The minimum absolute atomic E-state index is 0.0360. The number of rotatable bonds is 8. The molecule has 3 aromatic carbocycles. The third-order valence-electron chi connectivity index (χ3n) is 6.66. The fourth-order valence-corrected chi connectivity index (χ4v) is 5.67. The zero-order chi connectivity index (χ0) is 32.3. The molecular formula is C29H22BrF3N4O7S. The Labute approximate surface area is 266 Å². The van der Waals surface area contributed by atoms with Crippen molar-refractivity contribution in [1.29, 1.82) is 0 Å². The molecule has 1 N–H and O–H groups in total. The summed E-state index contributed by atoms with van der Waals surface area (Å²) >= 11 is 3.86. The Kier molecular flexibility index (Phi) is 9.45. The first-order valence-electron chi connectivity index (χ1n) is 13.2. The van der Waals surface area contributed by atoms with Crippen LogP contribution in [0.15, 0.2) is 70.0 Å². The van der Waals surface area contributed by atoms with Gasteiger partial charge in [0.15, 0.2) is 0 Å². The third-order valence-corrected chi connectivity index (χ3v) is 8.06. The number of hydrogen-bond acceptors (Lipinski definition) is 9. The van der Waals surface area contributed by atoms with Gasteiger partial charge < -0.3 is 19.7 Å². The van der Waals surface area contributed by atoms with E-state index in [2.05, 4.69) is 26.1 Å². The molecule has 3 amide bonds. The number of nitro benzene ring substituents is 1. The third kappa shape index (κ3) is 7.64. The van der Waals surface area contributed by atoms with Crippen molar-refractivity contribution in [2.75, 3.05) is 43.1 Å². The molecule has 11 nitrogen and oxygen atoms in total. The predicted octanol–water partition coefficient (Wildman–Crippen LogP) is 6.68. The molecule has 234 valence electrons. The summed E-state index contributed by atoms with van der Waals surface area (Å²) in [5.74, 6) is -1.85. The fourth-order valence-electron chi connectivity index (χ4n) is 4.46. The van der Waals surface area contributed by atoms with Crippen LogP contribution in [0, 0.1) is 10.1 Å². The Bertz CT molecular complexity index is 1700. The highest BCUT2D eigenvalue weighted by Crippen LogP contribution is 2.40. The van der Waals surface area contributed by atoms with Gasteiger partial charge in [0.25, 0.3) is 11.1 Å². The van der Waals surface area contributed by atoms with Gasteiger partial charge in [0.2, 0.25) is 11.7 Å². The lowest BCUT2D eigenvalue weighted by Crippen LogP contribution is -2.36. The van der Waals surface area contributed by atoms with Crippen LogP contribution in [0.4, 0.5) is 35.0 Å². The maximum Gasteiger partial charge on any atom is 0.416 e. The molecule has 0 unspecified atom stereocenters. The molecule has 2 heterocycles. The molecule has 5 rings (SSSR count). The van der Waals surface area contributed by atoms with Crippen molar-refractivity contribution in [2.24, 2.45) is 0 Å². The molecular weight excluding hydrogens is 685 g/mol. The molecule has 2 fully saturated rings. The van der Waals surface area contributed by atoms with E-state index < -0.39 is 51.7 Å². The minimum atomic E-state index is -4.81. The molecule has 0 saturated carbocycles. The molecule has 0 spiro atoms. The molecule has 16 heteroatoms. The number of carbonyl (C=O) groups excluding carboxylic acids is 3. The van der Waals surface area contributed by atoms with E-state index in [1.807, 2.05) is 12.1 Å². The smallest absolute Gasteiger partial charge is 0.416 e. The lowest BCUT2D eigenvalue weighted by atomic mass is 10.1. The maximum absolute atomic E-state index is 13.1. The van der Waals surface area contributed by atoms with Gasteiger partial charge in [-0.2, -0.15) is 13.2 Å². The van der Waals surface area contributed by atoms with Crippen LogP contribution in [0.3, 0.4) is 0 Å². The van der Waals surface area contributed by atoms with E-state index in [4.69, 9.17) is 9.47 Å². The standard InChI is InChI=1S/C29H22BrF3N4O7S/c30-19-2-8-23(44-24-7-1-18(29(31,32)33)15-22(24)37(41)42)17(13-19)14-25-27(39)36(28(40)45-25)16-26(38)34-20-3-5-21(6-4-20)35-9-11-43-12-10-35/h1-8,13-15H,9-12,16H2,(H,34,38)/b25-14+. The number of carbonyl (C=O) groups is 3. The highest BCUT2D eigenvalue weighted by molar-refractivity contribution is 9.10. The number of nitro groups is 1. The van der Waals surface area contributed by atoms with E-state index in [0.29, 0.717) is 47.3 Å². The van der Waals surface area contributed by atoms with Gasteiger partial charge in [0.05, 0.1) is 28.6 Å². The fraction of sp³-hybridized carbons (Fsp3) is 0.207. The number of amides is 3. The van der Waals surface area contributed by atoms with Crippen LogP contribution in [0.25, 0.3) is 6.08 Å². The van der Waals surface area contributed by atoms with Crippen LogP contribution in [0.1, 0.15) is 11.1 Å². The number of nitrogens with zero attached hydrogens (tertiary/aromatic N) is 3. The van der Waals surface area contributed by atoms with Crippen molar-refractivity contribution < 1.29 is 42.0 Å². The summed E-state index contributed by atoms with van der Waals surface area (Å²) < 4.78 is 50.9. The van der Waals surface area contributed by atoms with Crippen LogP contribution in [-0.4, -0.2) is 59.7 Å². The van der Waals surface area contributed by atoms with E-state index >= 15 is 0 Å². The molecule has 0 radical (unpaired) electrons. The summed E-state index contributed by atoms with van der Waals surface area (Å²) in [5.41, 5.74) is -0.501. The number of halogens is 4. The van der Waals surface area contributed by atoms with Crippen LogP contribution in [-0.2, 0) is 20.5 Å². The Morgan fingerprint density at radius 3 is 2.42 bits per heavy atom. The Morgan fingerprint density at radius 2 is 1.76 bits per heavy atom. The van der Waals surface area contributed by atoms with Crippen molar-refractivity contribution in [1.82, 2.24) is 4.90 Å². The van der Waals surface area contributed by atoms with E-state index in [1.165, 1.54) is 24.3 Å². The van der Waals surface area contributed by atoms with Crippen LogP contribution >= 0.6 is 27.7 Å². The molecule has 2 aliphatic heterocycles. The van der Waals surface area contributed by atoms with Crippen molar-refractivity contribution in [3.8, 4) is 11.5 Å². The second kappa shape index (κ2) is 13.3. The summed E-state index contributed by atoms with van der Waals surface area (Å²) in [5, 5.41) is 13.5. The molecule has 0 aromatic heterocycles. The second-order valence-electron chi connectivity index (χ2n) is 9.68. The van der Waals surface area contributed by atoms with Crippen molar-refractivity contribution in [2.45, 2.75) is 6.18 Å². The van der Waals surface area contributed by atoms with Crippen LogP contribution < -0.4 is 15.0 Å². The zero-order valence-electron chi connectivity index (χ0n) is 23.0. The number of hydrogen-bond donors (Lipinski definition) is 1.